The van der Waals surface area contributed by atoms with Gasteiger partial charge in [0.1, 0.15) is 0 Å². The van der Waals surface area contributed by atoms with E-state index in [9.17, 15) is 0 Å². The lowest BCUT2D eigenvalue weighted by Gasteiger charge is -2.32. The van der Waals surface area contributed by atoms with Crippen molar-refractivity contribution < 1.29 is 0 Å². The molecule has 0 radical (unpaired) electrons. The van der Waals surface area contributed by atoms with Crippen LogP contribution in [-0.2, 0) is 0 Å². The molecule has 1 aromatic carbocycles. The third kappa shape index (κ3) is 3.08. The Labute approximate surface area is 126 Å². The highest BCUT2D eigenvalue weighted by atomic mass is 35.5. The van der Waals surface area contributed by atoms with Crippen molar-refractivity contribution in [3.63, 3.8) is 0 Å². The zero-order chi connectivity index (χ0) is 14.0. The molecule has 1 N–H and O–H groups in total. The molecule has 1 saturated heterocycles. The van der Waals surface area contributed by atoms with Gasteiger partial charge in [-0.3, -0.25) is 4.90 Å². The van der Waals surface area contributed by atoms with Crippen LogP contribution in [0, 0.1) is 5.92 Å². The molecular weight excluding hydrogens is 279 g/mol. The van der Waals surface area contributed by atoms with E-state index in [1.54, 1.807) is 0 Å². The maximum Gasteiger partial charge on any atom is 0.0640 e. The summed E-state index contributed by atoms with van der Waals surface area (Å²) in [6.07, 6.45) is 1.20. The summed E-state index contributed by atoms with van der Waals surface area (Å²) in [6.45, 7) is 6.62. The van der Waals surface area contributed by atoms with Gasteiger partial charge in [0.15, 0.2) is 0 Å². The second kappa shape index (κ2) is 6.45. The number of nitrogens with zero attached hydrogens (tertiary/aromatic N) is 1. The molecular formula is C15H22Cl2N2. The van der Waals surface area contributed by atoms with E-state index >= 15 is 0 Å². The fourth-order valence-electron chi connectivity index (χ4n) is 3.12. The van der Waals surface area contributed by atoms with Gasteiger partial charge >= 0.3 is 0 Å². The average molecular weight is 301 g/mol. The Morgan fingerprint density at radius 1 is 1.37 bits per heavy atom. The minimum absolute atomic E-state index is 0.360. The van der Waals surface area contributed by atoms with Crippen LogP contribution >= 0.6 is 23.2 Å². The van der Waals surface area contributed by atoms with Crippen molar-refractivity contribution >= 4 is 23.2 Å². The average Bonchev–Trinajstić information content (AvgIpc) is 2.77. The first-order valence-electron chi connectivity index (χ1n) is 6.90. The molecule has 0 amide bonds. The largest absolute Gasteiger partial charge is 0.319 e. The normalized spacial score (nSPS) is 24.3. The van der Waals surface area contributed by atoms with E-state index in [0.29, 0.717) is 28.0 Å². The molecule has 0 spiro atoms. The van der Waals surface area contributed by atoms with Gasteiger partial charge in [-0.1, -0.05) is 35.3 Å². The van der Waals surface area contributed by atoms with Gasteiger partial charge in [-0.05, 0) is 58.0 Å². The number of nitrogens with one attached hydrogen (secondary N) is 1. The molecule has 1 aliphatic rings. The first-order chi connectivity index (χ1) is 9.06. The molecule has 1 aliphatic heterocycles. The SMILES string of the molecule is CNCC1CCN(C(C)C)C1c1cccc(Cl)c1Cl. The zero-order valence-electron chi connectivity index (χ0n) is 11.8. The Morgan fingerprint density at radius 3 is 2.74 bits per heavy atom. The van der Waals surface area contributed by atoms with Gasteiger partial charge < -0.3 is 5.32 Å². The van der Waals surface area contributed by atoms with Crippen molar-refractivity contribution in [1.82, 2.24) is 10.2 Å². The summed E-state index contributed by atoms with van der Waals surface area (Å²) in [7, 11) is 2.01. The van der Waals surface area contributed by atoms with Gasteiger partial charge in [0.2, 0.25) is 0 Å². The molecule has 2 atom stereocenters. The number of benzene rings is 1. The topological polar surface area (TPSA) is 15.3 Å². The molecule has 2 unspecified atom stereocenters. The van der Waals surface area contributed by atoms with Gasteiger partial charge in [0.25, 0.3) is 0 Å². The Morgan fingerprint density at radius 2 is 2.11 bits per heavy atom. The van der Waals surface area contributed by atoms with Gasteiger partial charge in [0, 0.05) is 12.1 Å². The van der Waals surface area contributed by atoms with E-state index < -0.39 is 0 Å². The molecule has 1 fully saturated rings. The lowest BCUT2D eigenvalue weighted by Crippen LogP contribution is -2.34. The van der Waals surface area contributed by atoms with E-state index in [2.05, 4.69) is 30.1 Å². The lowest BCUT2D eigenvalue weighted by atomic mass is 9.93. The number of likely N-dealkylation sites (tertiary alicyclic amines) is 1. The summed E-state index contributed by atoms with van der Waals surface area (Å²) in [5.74, 6) is 0.586. The van der Waals surface area contributed by atoms with Gasteiger partial charge in [-0.25, -0.2) is 0 Å². The molecule has 0 bridgehead atoms. The summed E-state index contributed by atoms with van der Waals surface area (Å²) in [5.41, 5.74) is 1.17. The highest BCUT2D eigenvalue weighted by Crippen LogP contribution is 2.42. The summed E-state index contributed by atoms with van der Waals surface area (Å²) in [6, 6.07) is 6.84. The Balaban J connectivity index is 2.37. The Hall–Kier alpha value is -0.280. The van der Waals surface area contributed by atoms with E-state index in [-0.39, 0.29) is 0 Å². The van der Waals surface area contributed by atoms with Crippen LogP contribution < -0.4 is 5.32 Å². The highest BCUT2D eigenvalue weighted by molar-refractivity contribution is 6.42. The molecule has 1 heterocycles. The molecule has 19 heavy (non-hydrogen) atoms. The second-order valence-corrected chi connectivity index (χ2v) is 6.31. The predicted octanol–water partition coefficient (Wildman–Crippen LogP) is 3.98. The van der Waals surface area contributed by atoms with Crippen LogP contribution in [0.3, 0.4) is 0 Å². The van der Waals surface area contributed by atoms with Gasteiger partial charge in [-0.15, -0.1) is 0 Å². The standard InChI is InChI=1S/C15H22Cl2N2/c1-10(2)19-8-7-11(9-18-3)15(19)12-5-4-6-13(16)14(12)17/h4-6,10-11,15,18H,7-9H2,1-3H3. The third-order valence-corrected chi connectivity index (χ3v) is 4.83. The molecule has 2 nitrogen and oxygen atoms in total. The maximum atomic E-state index is 6.43. The summed E-state index contributed by atoms with van der Waals surface area (Å²) < 4.78 is 0. The fourth-order valence-corrected chi connectivity index (χ4v) is 3.54. The summed E-state index contributed by atoms with van der Waals surface area (Å²) in [4.78, 5) is 2.53. The van der Waals surface area contributed by atoms with Crippen LogP contribution in [0.4, 0.5) is 0 Å². The van der Waals surface area contributed by atoms with Crippen molar-refractivity contribution in [3.8, 4) is 0 Å². The monoisotopic (exact) mass is 300 g/mol. The first-order valence-corrected chi connectivity index (χ1v) is 7.66. The number of hydrogen-bond acceptors (Lipinski definition) is 2. The fraction of sp³-hybridized carbons (Fsp3) is 0.600. The number of hydrogen-bond donors (Lipinski definition) is 1. The molecule has 2 rings (SSSR count). The smallest absolute Gasteiger partial charge is 0.0640 e. The minimum atomic E-state index is 0.360. The quantitative estimate of drug-likeness (QED) is 0.905. The van der Waals surface area contributed by atoms with Crippen LogP contribution in [0.5, 0.6) is 0 Å². The van der Waals surface area contributed by atoms with E-state index in [1.807, 2.05) is 19.2 Å². The minimum Gasteiger partial charge on any atom is -0.319 e. The zero-order valence-corrected chi connectivity index (χ0v) is 13.3. The van der Waals surface area contributed by atoms with Crippen LogP contribution in [0.1, 0.15) is 31.9 Å². The second-order valence-electron chi connectivity index (χ2n) is 5.53. The van der Waals surface area contributed by atoms with E-state index in [1.165, 1.54) is 12.0 Å². The number of rotatable bonds is 4. The van der Waals surface area contributed by atoms with Crippen LogP contribution in [0.2, 0.25) is 10.0 Å². The van der Waals surface area contributed by atoms with Crippen molar-refractivity contribution in [3.05, 3.63) is 33.8 Å². The van der Waals surface area contributed by atoms with E-state index in [4.69, 9.17) is 23.2 Å². The first kappa shape index (κ1) is 15.1. The summed E-state index contributed by atoms with van der Waals surface area (Å²) in [5, 5.41) is 4.66. The molecule has 0 saturated carbocycles. The highest BCUT2D eigenvalue weighted by Gasteiger charge is 2.37. The van der Waals surface area contributed by atoms with Crippen molar-refractivity contribution in [2.24, 2.45) is 5.92 Å². The summed E-state index contributed by atoms with van der Waals surface area (Å²) >= 11 is 12.6. The Bertz CT molecular complexity index is 434. The maximum absolute atomic E-state index is 6.43. The van der Waals surface area contributed by atoms with Crippen molar-refractivity contribution in [2.75, 3.05) is 20.1 Å². The molecule has 0 aliphatic carbocycles. The van der Waals surface area contributed by atoms with Gasteiger partial charge in [-0.2, -0.15) is 0 Å². The van der Waals surface area contributed by atoms with Crippen LogP contribution in [0.15, 0.2) is 18.2 Å². The third-order valence-electron chi connectivity index (χ3n) is 3.99. The van der Waals surface area contributed by atoms with Crippen molar-refractivity contribution in [2.45, 2.75) is 32.4 Å². The molecule has 4 heteroatoms. The van der Waals surface area contributed by atoms with Crippen LogP contribution in [0.25, 0.3) is 0 Å². The van der Waals surface area contributed by atoms with E-state index in [0.717, 1.165) is 13.1 Å². The van der Waals surface area contributed by atoms with Crippen molar-refractivity contribution in [1.29, 1.82) is 0 Å². The predicted molar refractivity (Wildman–Crippen MR) is 83.1 cm³/mol. The van der Waals surface area contributed by atoms with Crippen LogP contribution in [-0.4, -0.2) is 31.1 Å². The number of halogens is 2. The van der Waals surface area contributed by atoms with Gasteiger partial charge in [0.05, 0.1) is 10.0 Å². The molecule has 106 valence electrons. The lowest BCUT2D eigenvalue weighted by molar-refractivity contribution is 0.182. The molecule has 1 aromatic rings. The molecule has 0 aromatic heterocycles. The Kier molecular flexibility index (Phi) is 5.13.